The van der Waals surface area contributed by atoms with E-state index >= 15 is 0 Å². The monoisotopic (exact) mass is 482 g/mol. The molecule has 3 aliphatic rings. The van der Waals surface area contributed by atoms with Crippen molar-refractivity contribution < 1.29 is 18.0 Å². The van der Waals surface area contributed by atoms with Gasteiger partial charge in [-0.15, -0.1) is 0 Å². The van der Waals surface area contributed by atoms with Gasteiger partial charge in [-0.1, -0.05) is 6.07 Å². The van der Waals surface area contributed by atoms with Crippen LogP contribution < -0.4 is 10.2 Å². The number of anilines is 2. The summed E-state index contributed by atoms with van der Waals surface area (Å²) >= 11 is 0. The lowest BCUT2D eigenvalue weighted by Gasteiger charge is -2.31. The van der Waals surface area contributed by atoms with Crippen molar-refractivity contribution in [2.24, 2.45) is 11.8 Å². The van der Waals surface area contributed by atoms with Crippen molar-refractivity contribution in [3.8, 4) is 0 Å². The van der Waals surface area contributed by atoms with Gasteiger partial charge in [-0.05, 0) is 81.3 Å². The number of sulfonamides is 1. The van der Waals surface area contributed by atoms with Crippen LogP contribution in [0.3, 0.4) is 0 Å². The number of carbonyl (C=O) groups is 2. The Bertz CT molecular complexity index is 1220. The smallest absolute Gasteiger partial charge is 0.243 e. The first-order chi connectivity index (χ1) is 16.2. The van der Waals surface area contributed by atoms with Crippen LogP contribution in [0, 0.1) is 18.8 Å². The molecule has 2 atom stereocenters. The van der Waals surface area contributed by atoms with Gasteiger partial charge in [0.25, 0.3) is 0 Å². The number of carbonyl (C=O) groups excluding carboxylic acids is 2. The average Bonchev–Trinajstić information content (AvgIpc) is 3.62. The second-order valence-corrected chi connectivity index (χ2v) is 11.7. The molecule has 0 radical (unpaired) electrons. The van der Waals surface area contributed by atoms with E-state index in [0.717, 1.165) is 29.7 Å². The van der Waals surface area contributed by atoms with Crippen LogP contribution in [0.15, 0.2) is 41.4 Å². The highest BCUT2D eigenvalue weighted by atomic mass is 32.2. The Hall–Kier alpha value is -2.78. The normalized spacial score (nSPS) is 22.9. The van der Waals surface area contributed by atoms with E-state index in [1.807, 2.05) is 24.8 Å². The van der Waals surface area contributed by atoms with E-state index in [1.165, 1.54) is 4.31 Å². The van der Waals surface area contributed by atoms with Crippen LogP contribution in [0.1, 0.15) is 43.7 Å². The molecule has 8 nitrogen and oxygen atoms in total. The van der Waals surface area contributed by atoms with Gasteiger partial charge in [0.2, 0.25) is 21.8 Å². The number of aromatic nitrogens is 1. The van der Waals surface area contributed by atoms with Gasteiger partial charge in [0.15, 0.2) is 0 Å². The van der Waals surface area contributed by atoms with Gasteiger partial charge in [0.1, 0.15) is 5.82 Å². The van der Waals surface area contributed by atoms with Gasteiger partial charge in [-0.2, -0.15) is 4.31 Å². The third kappa shape index (κ3) is 4.34. The molecule has 1 saturated carbocycles. The summed E-state index contributed by atoms with van der Waals surface area (Å²) in [5.74, 6) is 0.0766. The minimum absolute atomic E-state index is 0.0273. The second-order valence-electron chi connectivity index (χ2n) is 9.74. The number of benzene rings is 1. The molecule has 180 valence electrons. The predicted octanol–water partition coefficient (Wildman–Crippen LogP) is 3.12. The maximum Gasteiger partial charge on any atom is 0.243 e. The summed E-state index contributed by atoms with van der Waals surface area (Å²) in [4.78, 5) is 31.8. The highest BCUT2D eigenvalue weighted by Gasteiger charge is 2.40. The standard InChI is InChI=1S/C25H30N4O4S/c1-16-5-10-23(26-14-16)27-24(30)19-4-3-11-28(15-19)34(32,33)21-8-9-22-20(13-21)12-17(2)29(22)25(31)18-6-7-18/h5,8-10,13-14,17-19H,3-4,6-7,11-12,15H2,1-2H3,(H,26,27,30)/t17-,19+/m1/s1. The van der Waals surface area contributed by atoms with Crippen molar-refractivity contribution in [1.29, 1.82) is 0 Å². The Morgan fingerprint density at radius 3 is 2.59 bits per heavy atom. The van der Waals surface area contributed by atoms with Crippen LogP contribution >= 0.6 is 0 Å². The molecular formula is C25H30N4O4S. The molecule has 0 spiro atoms. The molecular weight excluding hydrogens is 452 g/mol. The SMILES string of the molecule is Cc1ccc(NC(=O)[C@H]2CCCN(S(=O)(=O)c3ccc4c(c3)C[C@@H](C)N4C(=O)C3CC3)C2)nc1. The summed E-state index contributed by atoms with van der Waals surface area (Å²) in [7, 11) is -3.75. The minimum Gasteiger partial charge on any atom is -0.310 e. The zero-order valence-electron chi connectivity index (χ0n) is 19.5. The third-order valence-corrected chi connectivity index (χ3v) is 8.85. The molecule has 1 N–H and O–H groups in total. The van der Waals surface area contributed by atoms with Gasteiger partial charge in [-0.3, -0.25) is 9.59 Å². The number of hydrogen-bond donors (Lipinski definition) is 1. The molecule has 0 unspecified atom stereocenters. The van der Waals surface area contributed by atoms with Gasteiger partial charge >= 0.3 is 0 Å². The van der Waals surface area contributed by atoms with Crippen LogP contribution in [0.2, 0.25) is 0 Å². The van der Waals surface area contributed by atoms with Crippen molar-refractivity contribution in [1.82, 2.24) is 9.29 Å². The molecule has 34 heavy (non-hydrogen) atoms. The van der Waals surface area contributed by atoms with Gasteiger partial charge < -0.3 is 10.2 Å². The maximum absolute atomic E-state index is 13.5. The summed E-state index contributed by atoms with van der Waals surface area (Å²) in [5.41, 5.74) is 2.71. The Morgan fingerprint density at radius 1 is 1.09 bits per heavy atom. The average molecular weight is 483 g/mol. The van der Waals surface area contributed by atoms with E-state index in [-0.39, 0.29) is 35.2 Å². The van der Waals surface area contributed by atoms with Crippen molar-refractivity contribution in [2.45, 2.75) is 56.9 Å². The topological polar surface area (TPSA) is 99.7 Å². The number of fused-ring (bicyclic) bond motifs is 1. The molecule has 1 saturated heterocycles. The van der Waals surface area contributed by atoms with Gasteiger partial charge in [-0.25, -0.2) is 13.4 Å². The number of nitrogens with one attached hydrogen (secondary N) is 1. The van der Waals surface area contributed by atoms with E-state index in [1.54, 1.807) is 30.5 Å². The molecule has 1 aromatic heterocycles. The third-order valence-electron chi connectivity index (χ3n) is 6.99. The number of hydrogen-bond acceptors (Lipinski definition) is 5. The maximum atomic E-state index is 13.5. The largest absolute Gasteiger partial charge is 0.310 e. The van der Waals surface area contributed by atoms with E-state index in [4.69, 9.17) is 0 Å². The summed E-state index contributed by atoms with van der Waals surface area (Å²) in [6, 6.07) is 8.71. The fourth-order valence-electron chi connectivity index (χ4n) is 4.92. The fourth-order valence-corrected chi connectivity index (χ4v) is 6.50. The lowest BCUT2D eigenvalue weighted by atomic mass is 9.99. The first-order valence-corrected chi connectivity index (χ1v) is 13.4. The Morgan fingerprint density at radius 2 is 1.88 bits per heavy atom. The summed E-state index contributed by atoms with van der Waals surface area (Å²) < 4.78 is 28.3. The van der Waals surface area contributed by atoms with Crippen molar-refractivity contribution >= 4 is 33.3 Å². The predicted molar refractivity (Wildman–Crippen MR) is 129 cm³/mol. The molecule has 3 heterocycles. The molecule has 0 bridgehead atoms. The molecule has 1 aromatic carbocycles. The van der Waals surface area contributed by atoms with Gasteiger partial charge in [0, 0.05) is 36.9 Å². The van der Waals surface area contributed by atoms with Crippen LogP contribution in [0.5, 0.6) is 0 Å². The van der Waals surface area contributed by atoms with Crippen LogP contribution in [0.4, 0.5) is 11.5 Å². The van der Waals surface area contributed by atoms with Crippen molar-refractivity contribution in [3.05, 3.63) is 47.7 Å². The number of rotatable bonds is 5. The second kappa shape index (κ2) is 8.78. The quantitative estimate of drug-likeness (QED) is 0.706. The summed E-state index contributed by atoms with van der Waals surface area (Å²) in [6.07, 6.45) is 5.45. The summed E-state index contributed by atoms with van der Waals surface area (Å²) in [6.45, 7) is 4.45. The molecule has 9 heteroatoms. The Balaban J connectivity index is 1.31. The van der Waals surface area contributed by atoms with E-state index < -0.39 is 15.9 Å². The molecule has 2 fully saturated rings. The van der Waals surface area contributed by atoms with Crippen LogP contribution in [0.25, 0.3) is 0 Å². The highest BCUT2D eigenvalue weighted by Crippen LogP contribution is 2.40. The van der Waals surface area contributed by atoms with Crippen molar-refractivity contribution in [3.63, 3.8) is 0 Å². The molecule has 1 aliphatic carbocycles. The lowest BCUT2D eigenvalue weighted by Crippen LogP contribution is -2.43. The van der Waals surface area contributed by atoms with Crippen LogP contribution in [-0.4, -0.2) is 48.7 Å². The zero-order chi connectivity index (χ0) is 24.0. The first-order valence-electron chi connectivity index (χ1n) is 11.9. The number of nitrogens with zero attached hydrogens (tertiary/aromatic N) is 3. The first kappa shape index (κ1) is 23.0. The lowest BCUT2D eigenvalue weighted by molar-refractivity contribution is -0.121. The molecule has 5 rings (SSSR count). The number of amides is 2. The Labute approximate surface area is 200 Å². The van der Waals surface area contributed by atoms with E-state index in [2.05, 4.69) is 10.3 Å². The molecule has 2 aromatic rings. The Kier molecular flexibility index (Phi) is 5.93. The van der Waals surface area contributed by atoms with E-state index in [0.29, 0.717) is 31.6 Å². The van der Waals surface area contributed by atoms with Crippen molar-refractivity contribution in [2.75, 3.05) is 23.3 Å². The number of aryl methyl sites for hydroxylation is 1. The van der Waals surface area contributed by atoms with E-state index in [9.17, 15) is 18.0 Å². The molecule has 2 amide bonds. The zero-order valence-corrected chi connectivity index (χ0v) is 20.3. The summed E-state index contributed by atoms with van der Waals surface area (Å²) in [5, 5.41) is 2.81. The highest BCUT2D eigenvalue weighted by molar-refractivity contribution is 7.89. The molecule has 2 aliphatic heterocycles. The number of piperidine rings is 1. The fraction of sp³-hybridized carbons (Fsp3) is 0.480. The van der Waals surface area contributed by atoms with Gasteiger partial charge in [0.05, 0.1) is 10.8 Å². The number of pyridine rings is 1. The minimum atomic E-state index is -3.75. The van der Waals surface area contributed by atoms with Crippen LogP contribution in [-0.2, 0) is 26.0 Å².